The van der Waals surface area contributed by atoms with E-state index in [-0.39, 0.29) is 46.5 Å². The Bertz CT molecular complexity index is 549. The van der Waals surface area contributed by atoms with Crippen LogP contribution in [0, 0.1) is 23.7 Å². The van der Waals surface area contributed by atoms with Gasteiger partial charge in [-0.25, -0.2) is 4.98 Å². The molecule has 5 nitrogen and oxygen atoms in total. The largest absolute Gasteiger partial charge is 0.461 e. The number of esters is 1. The van der Waals surface area contributed by atoms with Crippen molar-refractivity contribution in [3.63, 3.8) is 0 Å². The number of alkyl halides is 1. The number of aromatic nitrogens is 1. The van der Waals surface area contributed by atoms with E-state index in [4.69, 9.17) is 4.74 Å². The SMILES string of the molecule is O=C(Nc1nccs1)[C@@H]1[C@H]2C[C@H]3[C@H](OC(=O)[C@@H]31)[C@H]2Br. The molecule has 2 aliphatic carbocycles. The van der Waals surface area contributed by atoms with Crippen molar-refractivity contribution in [1.82, 2.24) is 4.98 Å². The van der Waals surface area contributed by atoms with Crippen LogP contribution in [-0.2, 0) is 14.3 Å². The van der Waals surface area contributed by atoms with Crippen LogP contribution in [0.2, 0.25) is 0 Å². The number of nitrogens with one attached hydrogen (secondary N) is 1. The standard InChI is InChI=1S/C12H11BrN2O3S/c13-8-4-3-5-7(11(17)18-9(5)8)6(4)10(16)15-12-14-1-2-19-12/h1-2,4-9H,3H2,(H,14,15,16)/t4-,5-,6-,7+,8+,9+/m1/s1. The summed E-state index contributed by atoms with van der Waals surface area (Å²) >= 11 is 4.97. The topological polar surface area (TPSA) is 68.3 Å². The van der Waals surface area contributed by atoms with E-state index in [2.05, 4.69) is 26.2 Å². The molecule has 0 unspecified atom stereocenters. The minimum Gasteiger partial charge on any atom is -0.461 e. The molecule has 3 fully saturated rings. The Balaban J connectivity index is 1.61. The highest BCUT2D eigenvalue weighted by molar-refractivity contribution is 9.09. The molecule has 1 aliphatic heterocycles. The van der Waals surface area contributed by atoms with Crippen molar-refractivity contribution in [2.24, 2.45) is 23.7 Å². The van der Waals surface area contributed by atoms with Gasteiger partial charge in [-0.05, 0) is 12.3 Å². The van der Waals surface area contributed by atoms with Crippen molar-refractivity contribution in [3.05, 3.63) is 11.6 Å². The molecule has 7 heteroatoms. The predicted molar refractivity (Wildman–Crippen MR) is 71.9 cm³/mol. The van der Waals surface area contributed by atoms with Crippen LogP contribution >= 0.6 is 27.3 Å². The average Bonchev–Trinajstić information content (AvgIpc) is 3.07. The lowest BCUT2D eigenvalue weighted by atomic mass is 9.79. The van der Waals surface area contributed by atoms with Gasteiger partial charge in [-0.2, -0.15) is 0 Å². The number of nitrogens with zero attached hydrogens (tertiary/aromatic N) is 1. The van der Waals surface area contributed by atoms with Gasteiger partial charge < -0.3 is 10.1 Å². The van der Waals surface area contributed by atoms with Crippen LogP contribution in [0.3, 0.4) is 0 Å². The third kappa shape index (κ3) is 1.54. The summed E-state index contributed by atoms with van der Waals surface area (Å²) in [6, 6.07) is 0. The Morgan fingerprint density at radius 1 is 1.53 bits per heavy atom. The van der Waals surface area contributed by atoms with Gasteiger partial charge in [0.15, 0.2) is 5.13 Å². The number of rotatable bonds is 2. The van der Waals surface area contributed by atoms with E-state index in [0.29, 0.717) is 5.13 Å². The highest BCUT2D eigenvalue weighted by Gasteiger charge is 2.67. The van der Waals surface area contributed by atoms with Crippen LogP contribution in [0.4, 0.5) is 5.13 Å². The molecule has 4 rings (SSSR count). The molecule has 0 spiro atoms. The van der Waals surface area contributed by atoms with Gasteiger partial charge >= 0.3 is 5.97 Å². The van der Waals surface area contributed by atoms with Crippen molar-refractivity contribution < 1.29 is 14.3 Å². The molecule has 2 saturated carbocycles. The fourth-order valence-corrected chi connectivity index (χ4v) is 5.38. The number of hydrogen-bond donors (Lipinski definition) is 1. The number of ether oxygens (including phenoxy) is 1. The van der Waals surface area contributed by atoms with Gasteiger partial charge in [0.25, 0.3) is 0 Å². The first-order valence-electron chi connectivity index (χ1n) is 6.22. The number of carbonyl (C=O) groups is 2. The minimum absolute atomic E-state index is 0.0357. The predicted octanol–water partition coefficient (Wildman–Crippen LogP) is 1.65. The van der Waals surface area contributed by atoms with Gasteiger partial charge in [-0.3, -0.25) is 9.59 Å². The summed E-state index contributed by atoms with van der Waals surface area (Å²) in [6.45, 7) is 0. The van der Waals surface area contributed by atoms with E-state index in [9.17, 15) is 9.59 Å². The molecule has 0 radical (unpaired) electrons. The van der Waals surface area contributed by atoms with Crippen LogP contribution in [0.15, 0.2) is 11.6 Å². The van der Waals surface area contributed by atoms with E-state index >= 15 is 0 Å². The fraction of sp³-hybridized carbons (Fsp3) is 0.583. The molecule has 3 aliphatic rings. The van der Waals surface area contributed by atoms with Gasteiger partial charge in [0.1, 0.15) is 6.10 Å². The Kier molecular flexibility index (Phi) is 2.51. The maximum absolute atomic E-state index is 12.4. The molecule has 1 N–H and O–H groups in total. The number of halogens is 1. The van der Waals surface area contributed by atoms with Crippen molar-refractivity contribution in [3.8, 4) is 0 Å². The molecule has 6 atom stereocenters. The van der Waals surface area contributed by atoms with E-state index in [1.165, 1.54) is 11.3 Å². The summed E-state index contributed by atoms with van der Waals surface area (Å²) in [4.78, 5) is 28.5. The normalized spacial score (nSPS) is 42.5. The van der Waals surface area contributed by atoms with Gasteiger partial charge in [0, 0.05) is 17.5 Å². The van der Waals surface area contributed by atoms with Gasteiger partial charge in [0.05, 0.1) is 16.7 Å². The number of thiazole rings is 1. The lowest BCUT2D eigenvalue weighted by Gasteiger charge is -2.27. The Hall–Kier alpha value is -0.950. The molecule has 100 valence electrons. The maximum atomic E-state index is 12.4. The molecular formula is C12H11BrN2O3S. The average molecular weight is 343 g/mol. The molecule has 2 heterocycles. The summed E-state index contributed by atoms with van der Waals surface area (Å²) in [5.41, 5.74) is 0. The minimum atomic E-state index is -0.287. The summed E-state index contributed by atoms with van der Waals surface area (Å²) in [6.07, 6.45) is 2.51. The molecular weight excluding hydrogens is 332 g/mol. The van der Waals surface area contributed by atoms with Crippen molar-refractivity contribution in [2.45, 2.75) is 17.4 Å². The van der Waals surface area contributed by atoms with Crippen LogP contribution in [0.5, 0.6) is 0 Å². The van der Waals surface area contributed by atoms with E-state index in [0.717, 1.165) is 6.42 Å². The summed E-state index contributed by atoms with van der Waals surface area (Å²) < 4.78 is 5.39. The highest BCUT2D eigenvalue weighted by atomic mass is 79.9. The maximum Gasteiger partial charge on any atom is 0.310 e. The zero-order valence-electron chi connectivity index (χ0n) is 9.78. The Morgan fingerprint density at radius 3 is 3.11 bits per heavy atom. The van der Waals surface area contributed by atoms with E-state index < -0.39 is 0 Å². The van der Waals surface area contributed by atoms with Crippen LogP contribution in [-0.4, -0.2) is 27.8 Å². The number of carbonyl (C=O) groups excluding carboxylic acids is 2. The monoisotopic (exact) mass is 342 g/mol. The zero-order chi connectivity index (χ0) is 13.1. The number of fused-ring (bicyclic) bond motifs is 1. The second-order valence-electron chi connectivity index (χ2n) is 5.29. The Labute approximate surface area is 121 Å². The first-order valence-corrected chi connectivity index (χ1v) is 8.01. The molecule has 19 heavy (non-hydrogen) atoms. The number of amides is 1. The second kappa shape index (κ2) is 4.02. The lowest BCUT2D eigenvalue weighted by molar-refractivity contribution is -0.145. The first-order chi connectivity index (χ1) is 9.16. The van der Waals surface area contributed by atoms with Crippen LogP contribution in [0.25, 0.3) is 0 Å². The molecule has 1 aromatic heterocycles. The summed E-state index contributed by atoms with van der Waals surface area (Å²) in [7, 11) is 0. The molecule has 0 aromatic carbocycles. The molecule has 1 amide bonds. The van der Waals surface area contributed by atoms with Gasteiger partial charge in [-0.15, -0.1) is 11.3 Å². The van der Waals surface area contributed by atoms with Crippen molar-refractivity contribution in [1.29, 1.82) is 0 Å². The highest BCUT2D eigenvalue weighted by Crippen LogP contribution is 2.60. The van der Waals surface area contributed by atoms with E-state index in [1.807, 2.05) is 5.38 Å². The molecule has 1 saturated heterocycles. The second-order valence-corrected chi connectivity index (χ2v) is 7.24. The summed E-state index contributed by atoms with van der Waals surface area (Å²) in [5, 5.41) is 5.21. The third-order valence-electron chi connectivity index (χ3n) is 4.49. The van der Waals surface area contributed by atoms with Gasteiger partial charge in [0.2, 0.25) is 5.91 Å². The molecule has 1 aromatic rings. The zero-order valence-corrected chi connectivity index (χ0v) is 12.2. The smallest absolute Gasteiger partial charge is 0.310 e. The van der Waals surface area contributed by atoms with Crippen molar-refractivity contribution >= 4 is 44.3 Å². The summed E-state index contributed by atoms with van der Waals surface area (Å²) in [5.74, 6) is -0.471. The van der Waals surface area contributed by atoms with Crippen LogP contribution in [0.1, 0.15) is 6.42 Å². The van der Waals surface area contributed by atoms with Crippen LogP contribution < -0.4 is 5.32 Å². The van der Waals surface area contributed by atoms with Crippen molar-refractivity contribution in [2.75, 3.05) is 5.32 Å². The number of hydrogen-bond acceptors (Lipinski definition) is 5. The molecule has 2 bridgehead atoms. The fourth-order valence-electron chi connectivity index (χ4n) is 3.80. The third-order valence-corrected chi connectivity index (χ3v) is 6.38. The lowest BCUT2D eigenvalue weighted by Crippen LogP contribution is -2.40. The first kappa shape index (κ1) is 11.8. The Morgan fingerprint density at radius 2 is 2.37 bits per heavy atom. The van der Waals surface area contributed by atoms with E-state index in [1.54, 1.807) is 6.20 Å². The number of anilines is 1. The quantitative estimate of drug-likeness (QED) is 0.655. The van der Waals surface area contributed by atoms with Gasteiger partial charge in [-0.1, -0.05) is 15.9 Å².